The normalized spacial score (nSPS) is 10.5. The first-order chi connectivity index (χ1) is 14.6. The minimum Gasteiger partial charge on any atom is -0.493 e. The number of aryl methyl sites for hydroxylation is 1. The molecule has 0 amide bonds. The van der Waals surface area contributed by atoms with Crippen LogP contribution in [0.15, 0.2) is 71.4 Å². The van der Waals surface area contributed by atoms with Gasteiger partial charge in [0, 0.05) is 62.1 Å². The summed E-state index contributed by atoms with van der Waals surface area (Å²) in [5, 5.41) is 9.25. The van der Waals surface area contributed by atoms with Crippen LogP contribution in [0.1, 0.15) is 32.9 Å². The summed E-state index contributed by atoms with van der Waals surface area (Å²) in [6.07, 6.45) is 4.37. The van der Waals surface area contributed by atoms with Gasteiger partial charge in [-0.15, -0.1) is 0 Å². The first-order valence-electron chi connectivity index (χ1n) is 9.72. The van der Waals surface area contributed by atoms with Crippen LogP contribution in [0.3, 0.4) is 0 Å². The van der Waals surface area contributed by atoms with Crippen LogP contribution in [0.25, 0.3) is 11.5 Å². The fourth-order valence-electron chi connectivity index (χ4n) is 3.34. The van der Waals surface area contributed by atoms with Crippen molar-refractivity contribution in [2.75, 3.05) is 6.61 Å². The topological polar surface area (TPSA) is 88.4 Å². The second-order valence-electron chi connectivity index (χ2n) is 7.01. The van der Waals surface area contributed by atoms with Crippen molar-refractivity contribution in [2.45, 2.75) is 19.8 Å². The number of carboxylic acids is 1. The zero-order valence-electron chi connectivity index (χ0n) is 16.9. The molecule has 160 valence electrons. The molecule has 7 heteroatoms. The Hall–Kier alpha value is -2.54. The first kappa shape index (κ1) is 23.1. The molecule has 0 radical (unpaired) electrons. The van der Waals surface area contributed by atoms with E-state index in [4.69, 9.17) is 9.15 Å². The molecule has 2 aromatic heterocycles. The largest absolute Gasteiger partial charge is 0.493 e. The van der Waals surface area contributed by atoms with E-state index in [1.807, 2.05) is 61.5 Å². The van der Waals surface area contributed by atoms with Crippen LogP contribution >= 0.6 is 0 Å². The Morgan fingerprint density at radius 1 is 1.13 bits per heavy atom. The number of oxazole rings is 1. The van der Waals surface area contributed by atoms with E-state index in [0.717, 1.165) is 33.9 Å². The Labute approximate surface area is 210 Å². The number of rotatable bonds is 8. The number of hydrogen-bond donors (Lipinski definition) is 2. The fourth-order valence-corrected chi connectivity index (χ4v) is 3.34. The number of carbonyl (C=O) groups is 1. The monoisotopic (exact) mass is 442 g/mol. The molecule has 2 N–H and O–H groups in total. The van der Waals surface area contributed by atoms with Gasteiger partial charge in [0.1, 0.15) is 11.5 Å². The van der Waals surface area contributed by atoms with Gasteiger partial charge < -0.3 is 19.2 Å². The van der Waals surface area contributed by atoms with Crippen LogP contribution < -0.4 is 4.74 Å². The molecule has 2 heterocycles. The maximum absolute atomic E-state index is 11.3. The van der Waals surface area contributed by atoms with Crippen LogP contribution in [0, 0.1) is 44.7 Å². The van der Waals surface area contributed by atoms with Gasteiger partial charge in [-0.05, 0) is 48.7 Å². The molecule has 4 rings (SSSR count). The molecule has 0 bridgehead atoms. The molecule has 6 nitrogen and oxygen atoms in total. The Bertz CT molecular complexity index is 1150. The van der Waals surface area contributed by atoms with Gasteiger partial charge in [0.25, 0.3) is 0 Å². The molecule has 0 atom stereocenters. The number of nitrogens with zero attached hydrogens (tertiary/aromatic N) is 1. The molecule has 0 saturated heterocycles. The third kappa shape index (κ3) is 5.79. The Morgan fingerprint density at radius 2 is 1.94 bits per heavy atom. The van der Waals surface area contributed by atoms with Crippen molar-refractivity contribution in [3.05, 3.63) is 95.1 Å². The van der Waals surface area contributed by atoms with Crippen molar-refractivity contribution in [1.29, 1.82) is 0 Å². The Morgan fingerprint density at radius 3 is 2.71 bits per heavy atom. The van der Waals surface area contributed by atoms with Gasteiger partial charge in [-0.25, -0.2) is 9.78 Å². The van der Waals surface area contributed by atoms with Crippen LogP contribution in [-0.4, -0.2) is 27.7 Å². The van der Waals surface area contributed by atoms with Crippen LogP contribution in [0.5, 0.6) is 5.75 Å². The summed E-state index contributed by atoms with van der Waals surface area (Å²) in [7, 11) is 0. The van der Waals surface area contributed by atoms with Gasteiger partial charge >= 0.3 is 5.97 Å². The minimum atomic E-state index is -0.934. The molecule has 2 aromatic carbocycles. The summed E-state index contributed by atoms with van der Waals surface area (Å²) in [6.45, 7) is 2.38. The van der Waals surface area contributed by atoms with Crippen molar-refractivity contribution in [2.24, 2.45) is 0 Å². The smallest absolute Gasteiger partial charge is 0.337 e. The van der Waals surface area contributed by atoms with Gasteiger partial charge in [-0.3, -0.25) is 0 Å². The molecular weight excluding hydrogens is 420 g/mol. The van der Waals surface area contributed by atoms with Crippen molar-refractivity contribution in [3.63, 3.8) is 0 Å². The SMILES string of the molecule is Cc1oc(-c2ccccc2)nc1CCOc1cccc(Cc2c[nH]cc2C(=O)O)c1.[Ar]. The maximum atomic E-state index is 11.3. The number of nitrogens with one attached hydrogen (secondary N) is 1. The van der Waals surface area contributed by atoms with E-state index in [-0.39, 0.29) is 43.3 Å². The molecule has 31 heavy (non-hydrogen) atoms. The summed E-state index contributed by atoms with van der Waals surface area (Å²) in [4.78, 5) is 18.7. The van der Waals surface area contributed by atoms with Crippen molar-refractivity contribution >= 4 is 5.97 Å². The number of ether oxygens (including phenoxy) is 1. The zero-order valence-corrected chi connectivity index (χ0v) is 17.7. The second kappa shape index (κ2) is 10.7. The van der Waals surface area contributed by atoms with Gasteiger partial charge in [0.05, 0.1) is 17.9 Å². The number of H-pyrrole nitrogens is 1. The number of aromatic nitrogens is 2. The van der Waals surface area contributed by atoms with Gasteiger partial charge in [-0.1, -0.05) is 30.3 Å². The van der Waals surface area contributed by atoms with E-state index < -0.39 is 5.97 Å². The van der Waals surface area contributed by atoms with Gasteiger partial charge in [0.2, 0.25) is 5.89 Å². The van der Waals surface area contributed by atoms with E-state index in [2.05, 4.69) is 9.97 Å². The zero-order chi connectivity index (χ0) is 20.9. The van der Waals surface area contributed by atoms with Crippen molar-refractivity contribution in [1.82, 2.24) is 9.97 Å². The van der Waals surface area contributed by atoms with E-state index in [1.165, 1.54) is 6.20 Å². The predicted octanol–water partition coefficient (Wildman–Crippen LogP) is 4.89. The number of carboxylic acid groups (broad SMARTS) is 1. The maximum Gasteiger partial charge on any atom is 0.337 e. The van der Waals surface area contributed by atoms with E-state index in [0.29, 0.717) is 25.3 Å². The summed E-state index contributed by atoms with van der Waals surface area (Å²) in [5.41, 5.74) is 3.84. The minimum absolute atomic E-state index is 0. The molecule has 0 fully saturated rings. The average Bonchev–Trinajstić information content (AvgIpc) is 3.36. The average molecular weight is 442 g/mol. The first-order valence-corrected chi connectivity index (χ1v) is 9.72. The van der Waals surface area contributed by atoms with Crippen LogP contribution in [0.2, 0.25) is 0 Å². The molecular formula is C24H22ArN2O4. The summed E-state index contributed by atoms with van der Waals surface area (Å²) < 4.78 is 11.7. The molecule has 0 unspecified atom stereocenters. The number of benzene rings is 2. The molecule has 0 aliphatic carbocycles. The van der Waals surface area contributed by atoms with E-state index in [1.54, 1.807) is 6.20 Å². The van der Waals surface area contributed by atoms with Crippen molar-refractivity contribution < 1.29 is 56.8 Å². The number of aromatic amines is 1. The number of hydrogen-bond acceptors (Lipinski definition) is 4. The summed E-state index contributed by atoms with van der Waals surface area (Å²) in [5.74, 6) is 1.21. The fraction of sp³-hybridized carbons (Fsp3) is 0.167. The van der Waals surface area contributed by atoms with Crippen LogP contribution in [0.4, 0.5) is 0 Å². The Balaban J connectivity index is 0.00000272. The van der Waals surface area contributed by atoms with Gasteiger partial charge in [0.15, 0.2) is 0 Å². The third-order valence-electron chi connectivity index (χ3n) is 4.88. The quantitative estimate of drug-likeness (QED) is 0.406. The van der Waals surface area contributed by atoms with E-state index in [9.17, 15) is 9.90 Å². The summed E-state index contributed by atoms with van der Waals surface area (Å²) in [6, 6.07) is 17.5. The van der Waals surface area contributed by atoms with Crippen LogP contribution in [-0.2, 0) is 12.8 Å². The second-order valence-corrected chi connectivity index (χ2v) is 7.01. The Kier molecular flexibility index (Phi) is 7.96. The van der Waals surface area contributed by atoms with Crippen molar-refractivity contribution in [3.8, 4) is 17.2 Å². The third-order valence-corrected chi connectivity index (χ3v) is 4.88. The predicted molar refractivity (Wildman–Crippen MR) is 113 cm³/mol. The molecule has 0 aliphatic rings. The van der Waals surface area contributed by atoms with E-state index >= 15 is 0 Å². The number of aromatic carboxylic acids is 1. The summed E-state index contributed by atoms with van der Waals surface area (Å²) >= 11 is 0. The molecule has 4 aromatic rings. The molecule has 0 spiro atoms. The van der Waals surface area contributed by atoms with Gasteiger partial charge in [-0.2, -0.15) is 0 Å². The molecule has 0 aliphatic heterocycles. The molecule has 0 saturated carbocycles. The standard InChI is InChI=1S/C24H22N2O4.Ar/c1-16-22(26-23(30-16)18-7-3-2-4-8-18)10-11-29-20-9-5-6-17(13-20)12-19-14-25-15-21(19)24(27)28;/h2-9,13-15,25H,10-12H2,1H3,(H,27,28);.